The lowest BCUT2D eigenvalue weighted by Gasteiger charge is -2.31. The fraction of sp³-hybridized carbons (Fsp3) is 0.462. The minimum absolute atomic E-state index is 0.0243. The molecule has 3 rings (SSSR count). The first-order valence-corrected chi connectivity index (χ1v) is 7.45. The van der Waals surface area contributed by atoms with E-state index in [1.165, 1.54) is 0 Å². The Morgan fingerprint density at radius 1 is 1.26 bits per heavy atom. The summed E-state index contributed by atoms with van der Waals surface area (Å²) in [6, 6.07) is 3.77. The van der Waals surface area contributed by atoms with Crippen LogP contribution in [0.1, 0.15) is 16.5 Å². The first kappa shape index (κ1) is 12.5. The number of hydrogen-bond acceptors (Lipinski definition) is 4. The summed E-state index contributed by atoms with van der Waals surface area (Å²) in [6.07, 6.45) is 0.759. The highest BCUT2D eigenvalue weighted by molar-refractivity contribution is 7.86. The molecule has 1 amide bonds. The summed E-state index contributed by atoms with van der Waals surface area (Å²) in [7, 11) is 2.00. The number of carbonyl (C=O) groups is 1. The maximum Gasteiger partial charge on any atom is 0.236 e. The van der Waals surface area contributed by atoms with E-state index in [2.05, 4.69) is 0 Å². The topological polar surface area (TPSA) is 55.8 Å². The molecule has 0 saturated carbocycles. The third-order valence-electron chi connectivity index (χ3n) is 3.65. The van der Waals surface area contributed by atoms with Crippen LogP contribution in [0.2, 0.25) is 0 Å². The molecular formula is C13H15NO4S. The fourth-order valence-electron chi connectivity index (χ4n) is 2.73. The summed E-state index contributed by atoms with van der Waals surface area (Å²) in [5, 5.41) is -0.323. The van der Waals surface area contributed by atoms with Gasteiger partial charge in [-0.15, -0.1) is 0 Å². The normalized spacial score (nSPS) is 24.9. The van der Waals surface area contributed by atoms with E-state index >= 15 is 0 Å². The molecule has 0 bridgehead atoms. The molecule has 2 heterocycles. The smallest absolute Gasteiger partial charge is 0.236 e. The molecule has 0 spiro atoms. The number of fused-ring (bicyclic) bond motifs is 3. The molecule has 1 aromatic carbocycles. The average molecular weight is 281 g/mol. The Morgan fingerprint density at radius 2 is 1.95 bits per heavy atom. The van der Waals surface area contributed by atoms with E-state index in [1.54, 1.807) is 19.1 Å². The van der Waals surface area contributed by atoms with Gasteiger partial charge >= 0.3 is 0 Å². The summed E-state index contributed by atoms with van der Waals surface area (Å²) in [5.74, 6) is 1.38. The lowest BCUT2D eigenvalue weighted by Crippen LogP contribution is -2.35. The van der Waals surface area contributed by atoms with Gasteiger partial charge in [0.25, 0.3) is 0 Å². The fourth-order valence-corrected chi connectivity index (χ4v) is 4.31. The van der Waals surface area contributed by atoms with Crippen LogP contribution < -0.4 is 9.47 Å². The molecule has 5 nitrogen and oxygen atoms in total. The predicted octanol–water partition coefficient (Wildman–Crippen LogP) is 0.849. The van der Waals surface area contributed by atoms with Crippen molar-refractivity contribution in [3.8, 4) is 11.5 Å². The Bertz CT molecular complexity index is 572. The van der Waals surface area contributed by atoms with Gasteiger partial charge in [0.15, 0.2) is 11.5 Å². The molecule has 0 aliphatic carbocycles. The molecule has 2 aliphatic heterocycles. The second kappa shape index (κ2) is 4.52. The molecule has 102 valence electrons. The Balaban J connectivity index is 2.12. The van der Waals surface area contributed by atoms with Crippen molar-refractivity contribution in [1.29, 1.82) is 0 Å². The van der Waals surface area contributed by atoms with Crippen molar-refractivity contribution in [1.82, 2.24) is 4.90 Å². The summed E-state index contributed by atoms with van der Waals surface area (Å²) in [5.41, 5.74) is 2.01. The van der Waals surface area contributed by atoms with Gasteiger partial charge in [0.05, 0.1) is 25.0 Å². The van der Waals surface area contributed by atoms with Gasteiger partial charge in [-0.1, -0.05) is 0 Å². The molecule has 1 saturated heterocycles. The van der Waals surface area contributed by atoms with Gasteiger partial charge in [-0.25, -0.2) is 0 Å². The monoisotopic (exact) mass is 281 g/mol. The maximum atomic E-state index is 12.1. The van der Waals surface area contributed by atoms with E-state index in [0.29, 0.717) is 18.0 Å². The number of carbonyl (C=O) groups excluding carboxylic acids is 1. The SMILES string of the molecule is COc1cc2c(cc1OC)[C@@H]1N(CC2)C(=O)C[S@@]1=O. The molecule has 0 unspecified atom stereocenters. The zero-order valence-electron chi connectivity index (χ0n) is 10.8. The van der Waals surface area contributed by atoms with Crippen LogP contribution in [0.25, 0.3) is 0 Å². The zero-order valence-corrected chi connectivity index (χ0v) is 11.7. The van der Waals surface area contributed by atoms with Crippen molar-refractivity contribution < 1.29 is 18.5 Å². The van der Waals surface area contributed by atoms with Crippen LogP contribution in [0.5, 0.6) is 11.5 Å². The van der Waals surface area contributed by atoms with Crippen LogP contribution in [-0.2, 0) is 22.0 Å². The Labute approximate surface area is 113 Å². The van der Waals surface area contributed by atoms with Crippen molar-refractivity contribution in [3.63, 3.8) is 0 Å². The third-order valence-corrected chi connectivity index (χ3v) is 5.19. The second-order valence-electron chi connectivity index (χ2n) is 4.62. The van der Waals surface area contributed by atoms with Crippen molar-refractivity contribution >= 4 is 16.7 Å². The highest BCUT2D eigenvalue weighted by atomic mass is 32.2. The van der Waals surface area contributed by atoms with Crippen molar-refractivity contribution in [3.05, 3.63) is 23.3 Å². The highest BCUT2D eigenvalue weighted by Gasteiger charge is 2.42. The molecule has 0 aromatic heterocycles. The van der Waals surface area contributed by atoms with Crippen LogP contribution in [-0.4, -0.2) is 41.5 Å². The number of hydrogen-bond donors (Lipinski definition) is 0. The summed E-state index contributed by atoms with van der Waals surface area (Å²) >= 11 is 0. The lowest BCUT2D eigenvalue weighted by atomic mass is 9.98. The number of benzene rings is 1. The average Bonchev–Trinajstić information content (AvgIpc) is 2.72. The van der Waals surface area contributed by atoms with Gasteiger partial charge in [-0.2, -0.15) is 0 Å². The van der Waals surface area contributed by atoms with Gasteiger partial charge in [0.1, 0.15) is 11.1 Å². The van der Waals surface area contributed by atoms with Crippen molar-refractivity contribution in [2.75, 3.05) is 26.5 Å². The van der Waals surface area contributed by atoms with Crippen molar-refractivity contribution in [2.45, 2.75) is 11.8 Å². The van der Waals surface area contributed by atoms with E-state index in [1.807, 2.05) is 12.1 Å². The standard InChI is InChI=1S/C13H15NO4S/c1-17-10-5-8-3-4-14-12(15)7-19(16)13(14)9(8)6-11(10)18-2/h5-6,13H,3-4,7H2,1-2H3/t13-,19+/m1/s1. The minimum atomic E-state index is -1.17. The van der Waals surface area contributed by atoms with Crippen LogP contribution in [0.15, 0.2) is 12.1 Å². The highest BCUT2D eigenvalue weighted by Crippen LogP contribution is 2.41. The van der Waals surface area contributed by atoms with E-state index < -0.39 is 10.8 Å². The predicted molar refractivity (Wildman–Crippen MR) is 70.7 cm³/mol. The van der Waals surface area contributed by atoms with Crippen molar-refractivity contribution in [2.24, 2.45) is 0 Å². The van der Waals surface area contributed by atoms with E-state index in [0.717, 1.165) is 17.5 Å². The number of methoxy groups -OCH3 is 2. The number of nitrogens with zero attached hydrogens (tertiary/aromatic N) is 1. The molecule has 19 heavy (non-hydrogen) atoms. The molecule has 1 aromatic rings. The Morgan fingerprint density at radius 3 is 2.63 bits per heavy atom. The quantitative estimate of drug-likeness (QED) is 0.806. The first-order chi connectivity index (χ1) is 9.15. The lowest BCUT2D eigenvalue weighted by molar-refractivity contribution is -0.128. The van der Waals surface area contributed by atoms with Crippen LogP contribution in [0.4, 0.5) is 0 Å². The maximum absolute atomic E-state index is 12.1. The van der Waals surface area contributed by atoms with Gasteiger partial charge in [0.2, 0.25) is 5.91 Å². The Kier molecular flexibility index (Phi) is 2.97. The van der Waals surface area contributed by atoms with E-state index in [9.17, 15) is 9.00 Å². The van der Waals surface area contributed by atoms with Crippen LogP contribution >= 0.6 is 0 Å². The molecule has 2 atom stereocenters. The largest absolute Gasteiger partial charge is 0.493 e. The molecule has 0 N–H and O–H groups in total. The summed E-state index contributed by atoms with van der Waals surface area (Å²) < 4.78 is 22.7. The molecular weight excluding hydrogens is 266 g/mol. The van der Waals surface area contributed by atoms with Gasteiger partial charge in [-0.05, 0) is 29.7 Å². The molecule has 2 aliphatic rings. The zero-order chi connectivity index (χ0) is 13.6. The second-order valence-corrected chi connectivity index (χ2v) is 6.12. The van der Waals surface area contributed by atoms with E-state index in [-0.39, 0.29) is 17.0 Å². The molecule has 1 fully saturated rings. The number of amides is 1. The van der Waals surface area contributed by atoms with Crippen LogP contribution in [0.3, 0.4) is 0 Å². The molecule has 0 radical (unpaired) electrons. The van der Waals surface area contributed by atoms with Gasteiger partial charge in [-0.3, -0.25) is 9.00 Å². The minimum Gasteiger partial charge on any atom is -0.493 e. The van der Waals surface area contributed by atoms with Gasteiger partial charge < -0.3 is 14.4 Å². The number of ether oxygens (including phenoxy) is 2. The van der Waals surface area contributed by atoms with Crippen LogP contribution in [0, 0.1) is 0 Å². The third kappa shape index (κ3) is 1.82. The number of rotatable bonds is 2. The molecule has 6 heteroatoms. The first-order valence-electron chi connectivity index (χ1n) is 6.07. The van der Waals surface area contributed by atoms with E-state index in [4.69, 9.17) is 9.47 Å². The Hall–Kier alpha value is -1.56. The summed E-state index contributed by atoms with van der Waals surface area (Å²) in [6.45, 7) is 0.623. The summed E-state index contributed by atoms with van der Waals surface area (Å²) in [4.78, 5) is 13.5. The van der Waals surface area contributed by atoms with Gasteiger partial charge in [0, 0.05) is 6.54 Å².